The minimum atomic E-state index is -0.893. The molecule has 4 rings (SSSR count). The Kier molecular flexibility index (Phi) is 3.50. The van der Waals surface area contributed by atoms with E-state index >= 15 is 0 Å². The maximum Gasteiger partial charge on any atom is 0.155 e. The molecule has 0 aliphatic heterocycles. The van der Waals surface area contributed by atoms with Crippen molar-refractivity contribution in [3.63, 3.8) is 0 Å². The topological polar surface area (TPSA) is 37.3 Å². The molecule has 3 fully saturated rings. The van der Waals surface area contributed by atoms with E-state index in [9.17, 15) is 9.90 Å². The van der Waals surface area contributed by atoms with E-state index < -0.39 is 5.60 Å². The Balaban J connectivity index is 1.67. The third-order valence-electron chi connectivity index (χ3n) is 8.02. The van der Waals surface area contributed by atoms with Gasteiger partial charge in [-0.05, 0) is 81.1 Å². The van der Waals surface area contributed by atoms with Crippen molar-refractivity contribution in [3.8, 4) is 12.3 Å². The van der Waals surface area contributed by atoms with E-state index in [0.717, 1.165) is 44.9 Å². The summed E-state index contributed by atoms with van der Waals surface area (Å²) in [5.41, 5.74) is 0.474. The molecule has 0 heterocycles. The summed E-state index contributed by atoms with van der Waals surface area (Å²) in [7, 11) is 0. The second kappa shape index (κ2) is 5.21. The number of rotatable bonds is 1. The van der Waals surface area contributed by atoms with Crippen LogP contribution in [0.4, 0.5) is 0 Å². The highest BCUT2D eigenvalue weighted by Crippen LogP contribution is 2.66. The van der Waals surface area contributed by atoms with Gasteiger partial charge in [-0.2, -0.15) is 0 Å². The third kappa shape index (κ3) is 1.96. The van der Waals surface area contributed by atoms with Gasteiger partial charge in [-0.3, -0.25) is 4.79 Å². The van der Waals surface area contributed by atoms with Crippen molar-refractivity contribution in [1.82, 2.24) is 0 Å². The highest BCUT2D eigenvalue weighted by molar-refractivity contribution is 5.91. The molecule has 2 heteroatoms. The molecule has 0 radical (unpaired) electrons. The molecule has 0 aromatic heterocycles. The van der Waals surface area contributed by atoms with Crippen LogP contribution in [-0.4, -0.2) is 16.5 Å². The van der Waals surface area contributed by atoms with Gasteiger partial charge in [-0.1, -0.05) is 18.4 Å². The first-order chi connectivity index (χ1) is 11.0. The molecule has 0 saturated heterocycles. The smallest absolute Gasteiger partial charge is 0.155 e. The Hall–Kier alpha value is -1.07. The van der Waals surface area contributed by atoms with Crippen molar-refractivity contribution >= 4 is 5.78 Å². The molecule has 0 spiro atoms. The molecular weight excluding hydrogens is 284 g/mol. The summed E-state index contributed by atoms with van der Waals surface area (Å²) in [6.07, 6.45) is 16.9. The van der Waals surface area contributed by atoms with Crippen molar-refractivity contribution < 1.29 is 9.90 Å². The minimum absolute atomic E-state index is 0.0609. The number of terminal acetylenes is 1. The quantitative estimate of drug-likeness (QED) is 0.746. The lowest BCUT2D eigenvalue weighted by atomic mass is 9.49. The van der Waals surface area contributed by atoms with Crippen molar-refractivity contribution in [2.45, 2.75) is 70.3 Å². The maximum atomic E-state index is 11.8. The summed E-state index contributed by atoms with van der Waals surface area (Å²) in [6.45, 7) is 2.22. The number of hydrogen-bond donors (Lipinski definition) is 1. The van der Waals surface area contributed by atoms with E-state index in [-0.39, 0.29) is 5.41 Å². The zero-order valence-electron chi connectivity index (χ0n) is 14.2. The fourth-order valence-electron chi connectivity index (χ4n) is 6.96. The molecule has 0 aromatic carbocycles. The molecule has 2 nitrogen and oxygen atoms in total. The molecule has 124 valence electrons. The fraction of sp³-hybridized carbons (Fsp3) is 0.762. The average molecular weight is 312 g/mol. The van der Waals surface area contributed by atoms with Crippen molar-refractivity contribution in [2.75, 3.05) is 0 Å². The Morgan fingerprint density at radius 2 is 2.04 bits per heavy atom. The van der Waals surface area contributed by atoms with Gasteiger partial charge in [-0.15, -0.1) is 6.42 Å². The number of aliphatic hydroxyl groups is 1. The highest BCUT2D eigenvalue weighted by Gasteiger charge is 2.63. The van der Waals surface area contributed by atoms with Crippen LogP contribution in [0.2, 0.25) is 0 Å². The van der Waals surface area contributed by atoms with E-state index in [2.05, 4.69) is 12.8 Å². The lowest BCUT2D eigenvalue weighted by Crippen LogP contribution is -2.53. The predicted octanol–water partition coefficient (Wildman–Crippen LogP) is 3.88. The van der Waals surface area contributed by atoms with Crippen LogP contribution in [-0.2, 0) is 4.79 Å². The van der Waals surface area contributed by atoms with Gasteiger partial charge in [0.15, 0.2) is 5.78 Å². The van der Waals surface area contributed by atoms with E-state index in [0.29, 0.717) is 29.5 Å². The van der Waals surface area contributed by atoms with E-state index in [1.54, 1.807) is 0 Å². The normalized spacial score (nSPS) is 48.7. The van der Waals surface area contributed by atoms with Crippen molar-refractivity contribution in [3.05, 3.63) is 11.6 Å². The van der Waals surface area contributed by atoms with Crippen LogP contribution in [0.5, 0.6) is 0 Å². The summed E-state index contributed by atoms with van der Waals surface area (Å²) in [6, 6.07) is 0. The van der Waals surface area contributed by atoms with Gasteiger partial charge in [0.1, 0.15) is 5.60 Å². The number of carbonyl (C=O) groups is 1. The predicted molar refractivity (Wildman–Crippen MR) is 90.5 cm³/mol. The largest absolute Gasteiger partial charge is 0.377 e. The number of ketones is 1. The average Bonchev–Trinajstić information content (AvgIpc) is 2.88. The lowest BCUT2D eigenvalue weighted by Gasteiger charge is -2.55. The second-order valence-electron chi connectivity index (χ2n) is 8.40. The van der Waals surface area contributed by atoms with Gasteiger partial charge >= 0.3 is 0 Å². The zero-order chi connectivity index (χ0) is 16.2. The Bertz CT molecular complexity index is 597. The lowest BCUT2D eigenvalue weighted by molar-refractivity contribution is -0.117. The first kappa shape index (κ1) is 15.5. The minimum Gasteiger partial charge on any atom is -0.377 e. The van der Waals surface area contributed by atoms with Gasteiger partial charge < -0.3 is 5.11 Å². The summed E-state index contributed by atoms with van der Waals surface area (Å²) in [5.74, 6) is 5.73. The number of fused-ring (bicyclic) bond motifs is 5. The van der Waals surface area contributed by atoms with Crippen LogP contribution in [0, 0.1) is 41.4 Å². The summed E-state index contributed by atoms with van der Waals surface area (Å²) in [5, 5.41) is 11.1. The van der Waals surface area contributed by atoms with Crippen molar-refractivity contribution in [2.24, 2.45) is 29.1 Å². The molecular formula is C21H28O2. The van der Waals surface area contributed by atoms with E-state index in [4.69, 9.17) is 6.42 Å². The molecule has 6 atom stereocenters. The maximum absolute atomic E-state index is 11.8. The van der Waals surface area contributed by atoms with Crippen LogP contribution in [0.3, 0.4) is 0 Å². The van der Waals surface area contributed by atoms with E-state index in [1.165, 1.54) is 18.4 Å². The molecule has 4 aliphatic rings. The van der Waals surface area contributed by atoms with Crippen LogP contribution < -0.4 is 0 Å². The van der Waals surface area contributed by atoms with Crippen LogP contribution in [0.15, 0.2) is 11.6 Å². The monoisotopic (exact) mass is 312 g/mol. The van der Waals surface area contributed by atoms with Crippen LogP contribution in [0.25, 0.3) is 0 Å². The molecule has 4 aliphatic carbocycles. The molecule has 1 N–H and O–H groups in total. The first-order valence-electron chi connectivity index (χ1n) is 9.48. The molecule has 3 saturated carbocycles. The molecule has 0 amide bonds. The fourth-order valence-corrected chi connectivity index (χ4v) is 6.96. The molecule has 0 unspecified atom stereocenters. The number of hydrogen-bond acceptors (Lipinski definition) is 2. The van der Waals surface area contributed by atoms with Crippen LogP contribution >= 0.6 is 0 Å². The highest BCUT2D eigenvalue weighted by atomic mass is 16.3. The van der Waals surface area contributed by atoms with Gasteiger partial charge in [0.25, 0.3) is 0 Å². The number of allylic oxidation sites excluding steroid dienone is 1. The Morgan fingerprint density at radius 1 is 1.22 bits per heavy atom. The molecule has 0 bridgehead atoms. The summed E-state index contributed by atoms with van der Waals surface area (Å²) >= 11 is 0. The van der Waals surface area contributed by atoms with Gasteiger partial charge in [0.05, 0.1) is 0 Å². The standard InChI is InChI=1S/C21H28O2/c1-3-20-11-9-17-16-8-6-15(22)13-14(16)5-7-18(17)19(20)10-12-21(20,23)4-2/h2,13,16-19,23H,3,5-12H2,1H3/t16-,17+,18+,19+,20+,21-/m0/s1. The number of carbonyl (C=O) groups excluding carboxylic acids is 1. The second-order valence-corrected chi connectivity index (χ2v) is 8.40. The SMILES string of the molecule is C#C[C@]1(O)CC[C@@H]2[C@@H]3CCC4=CC(=O)CC[C@@H]4[C@H]3CC[C@]21CC. The molecule has 23 heavy (non-hydrogen) atoms. The van der Waals surface area contributed by atoms with Crippen molar-refractivity contribution in [1.29, 1.82) is 0 Å². The van der Waals surface area contributed by atoms with Crippen LogP contribution in [0.1, 0.15) is 64.7 Å². The Labute approximate surface area is 139 Å². The van der Waals surface area contributed by atoms with Gasteiger partial charge in [0, 0.05) is 11.8 Å². The van der Waals surface area contributed by atoms with Gasteiger partial charge in [-0.25, -0.2) is 0 Å². The third-order valence-corrected chi connectivity index (χ3v) is 8.02. The molecule has 0 aromatic rings. The van der Waals surface area contributed by atoms with E-state index in [1.807, 2.05) is 6.08 Å². The van der Waals surface area contributed by atoms with Gasteiger partial charge in [0.2, 0.25) is 0 Å². The first-order valence-corrected chi connectivity index (χ1v) is 9.48. The zero-order valence-corrected chi connectivity index (χ0v) is 14.2. The Morgan fingerprint density at radius 3 is 2.78 bits per heavy atom. The summed E-state index contributed by atoms with van der Waals surface area (Å²) < 4.78 is 0. The summed E-state index contributed by atoms with van der Waals surface area (Å²) in [4.78, 5) is 11.8.